The Bertz CT molecular complexity index is 311. The topological polar surface area (TPSA) is 25.8 Å². The van der Waals surface area contributed by atoms with Crippen LogP contribution in [0.15, 0.2) is 17.6 Å². The number of aromatic nitrogens is 2. The molecule has 0 aliphatic heterocycles. The van der Waals surface area contributed by atoms with Crippen LogP contribution in [0.3, 0.4) is 0 Å². The molecule has 0 aliphatic rings. The maximum Gasteiger partial charge on any atom is 0.187 e. The van der Waals surface area contributed by atoms with E-state index in [0.29, 0.717) is 0 Å². The zero-order chi connectivity index (χ0) is 9.52. The summed E-state index contributed by atoms with van der Waals surface area (Å²) in [5.41, 5.74) is 0.861. The van der Waals surface area contributed by atoms with E-state index in [0.717, 1.165) is 22.9 Å². The Hall–Kier alpha value is -0.660. The van der Waals surface area contributed by atoms with Crippen LogP contribution in [0.5, 0.6) is 0 Å². The molecule has 2 nitrogen and oxygen atoms in total. The summed E-state index contributed by atoms with van der Waals surface area (Å²) in [5.74, 6) is 6.73. The molecule has 0 saturated heterocycles. The third-order valence-electron chi connectivity index (χ3n) is 1.28. The average molecular weight is 210 g/mol. The van der Waals surface area contributed by atoms with Crippen molar-refractivity contribution < 1.29 is 0 Å². The van der Waals surface area contributed by atoms with E-state index >= 15 is 0 Å². The van der Waals surface area contributed by atoms with Gasteiger partial charge in [0.05, 0.1) is 5.56 Å². The van der Waals surface area contributed by atoms with Crippen molar-refractivity contribution in [2.75, 3.05) is 12.0 Å². The number of thiol groups is 1. The maximum atomic E-state index is 4.11. The van der Waals surface area contributed by atoms with Gasteiger partial charge < -0.3 is 0 Å². The normalized spacial score (nSPS) is 9.08. The van der Waals surface area contributed by atoms with Gasteiger partial charge in [-0.05, 0) is 6.26 Å². The highest BCUT2D eigenvalue weighted by molar-refractivity contribution is 7.98. The molecule has 1 aromatic heterocycles. The third kappa shape index (κ3) is 3.71. The average Bonchev–Trinajstić information content (AvgIpc) is 2.19. The first-order valence-corrected chi connectivity index (χ1v) is 5.68. The van der Waals surface area contributed by atoms with Gasteiger partial charge in [-0.25, -0.2) is 9.97 Å². The zero-order valence-corrected chi connectivity index (χ0v) is 9.03. The van der Waals surface area contributed by atoms with E-state index in [-0.39, 0.29) is 0 Å². The van der Waals surface area contributed by atoms with Gasteiger partial charge in [0.1, 0.15) is 0 Å². The molecular formula is C9H10N2S2. The second kappa shape index (κ2) is 5.90. The molecule has 1 heterocycles. The molecule has 13 heavy (non-hydrogen) atoms. The first kappa shape index (κ1) is 10.4. The van der Waals surface area contributed by atoms with Crippen LogP contribution < -0.4 is 0 Å². The molecule has 0 radical (unpaired) electrons. The van der Waals surface area contributed by atoms with Gasteiger partial charge in [-0.1, -0.05) is 23.6 Å². The Morgan fingerprint density at radius 2 is 2.15 bits per heavy atom. The summed E-state index contributed by atoms with van der Waals surface area (Å²) in [7, 11) is 0. The summed E-state index contributed by atoms with van der Waals surface area (Å²) in [6.45, 7) is 0. The zero-order valence-electron chi connectivity index (χ0n) is 7.32. The fourth-order valence-electron chi connectivity index (χ4n) is 0.707. The molecule has 0 bridgehead atoms. The Morgan fingerprint density at radius 1 is 1.46 bits per heavy atom. The quantitative estimate of drug-likeness (QED) is 0.349. The number of thioether (sulfide) groups is 1. The largest absolute Gasteiger partial charge is 0.230 e. The van der Waals surface area contributed by atoms with Crippen LogP contribution in [-0.4, -0.2) is 22.0 Å². The van der Waals surface area contributed by atoms with Crippen LogP contribution in [0.4, 0.5) is 0 Å². The first-order valence-electron chi connectivity index (χ1n) is 3.82. The lowest BCUT2D eigenvalue weighted by atomic mass is 10.3. The SMILES string of the molecule is CSc1ncc(C#CCCS)cn1. The van der Waals surface area contributed by atoms with Crippen molar-refractivity contribution in [3.63, 3.8) is 0 Å². The van der Waals surface area contributed by atoms with E-state index in [1.54, 1.807) is 12.4 Å². The van der Waals surface area contributed by atoms with Gasteiger partial charge >= 0.3 is 0 Å². The maximum absolute atomic E-state index is 4.11. The number of nitrogens with zero attached hydrogens (tertiary/aromatic N) is 2. The van der Waals surface area contributed by atoms with Gasteiger partial charge in [0.2, 0.25) is 0 Å². The second-order valence-corrected chi connectivity index (χ2v) is 3.45. The fourth-order valence-corrected chi connectivity index (χ4v) is 1.13. The molecule has 0 aliphatic carbocycles. The highest BCUT2D eigenvalue weighted by atomic mass is 32.2. The van der Waals surface area contributed by atoms with Gasteiger partial charge in [-0.3, -0.25) is 0 Å². The van der Waals surface area contributed by atoms with Crippen molar-refractivity contribution in [1.29, 1.82) is 0 Å². The predicted molar refractivity (Wildman–Crippen MR) is 59.2 cm³/mol. The van der Waals surface area contributed by atoms with Crippen molar-refractivity contribution in [1.82, 2.24) is 9.97 Å². The third-order valence-corrected chi connectivity index (χ3v) is 2.08. The highest BCUT2D eigenvalue weighted by Crippen LogP contribution is 2.05. The Labute approximate surface area is 88.0 Å². The lowest BCUT2D eigenvalue weighted by Crippen LogP contribution is -1.85. The van der Waals surface area contributed by atoms with Crippen LogP contribution in [0, 0.1) is 11.8 Å². The molecular weight excluding hydrogens is 200 g/mol. The first-order chi connectivity index (χ1) is 6.36. The molecule has 1 aromatic rings. The van der Waals surface area contributed by atoms with Crippen LogP contribution in [0.25, 0.3) is 0 Å². The van der Waals surface area contributed by atoms with Gasteiger partial charge in [-0.15, -0.1) is 0 Å². The number of rotatable bonds is 2. The molecule has 0 aromatic carbocycles. The second-order valence-electron chi connectivity index (χ2n) is 2.23. The van der Waals surface area contributed by atoms with Crippen molar-refractivity contribution in [3.8, 4) is 11.8 Å². The summed E-state index contributed by atoms with van der Waals surface area (Å²) in [5, 5.41) is 0.778. The van der Waals surface area contributed by atoms with E-state index in [4.69, 9.17) is 0 Å². The monoisotopic (exact) mass is 210 g/mol. The van der Waals surface area contributed by atoms with Crippen LogP contribution in [-0.2, 0) is 0 Å². The Morgan fingerprint density at radius 3 is 2.69 bits per heavy atom. The van der Waals surface area contributed by atoms with Crippen molar-refractivity contribution in [3.05, 3.63) is 18.0 Å². The Kier molecular flexibility index (Phi) is 4.73. The molecule has 0 fully saturated rings. The molecule has 0 atom stereocenters. The minimum Gasteiger partial charge on any atom is -0.230 e. The standard InChI is InChI=1S/C9H10N2S2/c1-13-9-10-6-8(7-11-9)4-2-3-5-12/h6-7,12H,3,5H2,1H3. The number of hydrogen-bond donors (Lipinski definition) is 1. The van der Waals surface area contributed by atoms with Gasteiger partial charge in [-0.2, -0.15) is 12.6 Å². The van der Waals surface area contributed by atoms with E-state index in [9.17, 15) is 0 Å². The molecule has 0 unspecified atom stereocenters. The Balaban J connectivity index is 2.65. The highest BCUT2D eigenvalue weighted by Gasteiger charge is 1.91. The molecule has 0 amide bonds. The van der Waals surface area contributed by atoms with Gasteiger partial charge in [0.25, 0.3) is 0 Å². The summed E-state index contributed by atoms with van der Waals surface area (Å²) >= 11 is 5.58. The molecule has 4 heteroatoms. The number of hydrogen-bond acceptors (Lipinski definition) is 4. The van der Waals surface area contributed by atoms with Crippen molar-refractivity contribution >= 4 is 24.4 Å². The molecule has 68 valence electrons. The molecule has 0 saturated carbocycles. The van der Waals surface area contributed by atoms with E-state index < -0.39 is 0 Å². The van der Waals surface area contributed by atoms with Crippen molar-refractivity contribution in [2.24, 2.45) is 0 Å². The molecule has 0 N–H and O–H groups in total. The van der Waals surface area contributed by atoms with E-state index in [1.807, 2.05) is 6.26 Å². The predicted octanol–water partition coefficient (Wildman–Crippen LogP) is 1.87. The van der Waals surface area contributed by atoms with Gasteiger partial charge in [0, 0.05) is 24.6 Å². The van der Waals surface area contributed by atoms with E-state index in [1.165, 1.54) is 11.8 Å². The summed E-state index contributed by atoms with van der Waals surface area (Å²) in [6.07, 6.45) is 6.23. The van der Waals surface area contributed by atoms with Crippen LogP contribution >= 0.6 is 24.4 Å². The summed E-state index contributed by atoms with van der Waals surface area (Å²) in [6, 6.07) is 0. The fraction of sp³-hybridized carbons (Fsp3) is 0.333. The molecule has 0 spiro atoms. The summed E-state index contributed by atoms with van der Waals surface area (Å²) in [4.78, 5) is 8.21. The summed E-state index contributed by atoms with van der Waals surface area (Å²) < 4.78 is 0. The van der Waals surface area contributed by atoms with Crippen molar-refractivity contribution in [2.45, 2.75) is 11.6 Å². The van der Waals surface area contributed by atoms with Gasteiger partial charge in [0.15, 0.2) is 5.16 Å². The molecule has 1 rings (SSSR count). The van der Waals surface area contributed by atoms with Crippen LogP contribution in [0.2, 0.25) is 0 Å². The minimum absolute atomic E-state index is 0.778. The van der Waals surface area contributed by atoms with E-state index in [2.05, 4.69) is 34.4 Å². The van der Waals surface area contributed by atoms with Crippen LogP contribution in [0.1, 0.15) is 12.0 Å². The lowest BCUT2D eigenvalue weighted by molar-refractivity contribution is 0.964. The smallest absolute Gasteiger partial charge is 0.187 e. The minimum atomic E-state index is 0.778. The lowest BCUT2D eigenvalue weighted by Gasteiger charge is -1.92.